The van der Waals surface area contributed by atoms with Crippen molar-refractivity contribution in [1.29, 1.82) is 0 Å². The van der Waals surface area contributed by atoms with Gasteiger partial charge in [-0.1, -0.05) is 5.16 Å². The van der Waals surface area contributed by atoms with E-state index in [9.17, 15) is 50.3 Å². The summed E-state index contributed by atoms with van der Waals surface area (Å²) in [7, 11) is 0. The van der Waals surface area contributed by atoms with Gasteiger partial charge in [0.05, 0.1) is 11.6 Å². The lowest BCUT2D eigenvalue weighted by Gasteiger charge is -2.38. The average molecular weight is 847 g/mol. The predicted molar refractivity (Wildman–Crippen MR) is 200 cm³/mol. The standard InChI is InChI=1S/C18H19F3N4O3.C16H17N3O3.C2H4F3NO.ClH/c1-11(24-28-10-18(19,20)21)14-8-25(9-14)16(27)5-2-12-6-13-3-4-15(26)23-17(13)22-7-12;1-10(20)13-8-19(9-13)15(22)5-2-11-6-12-3-4-14(21)18-16(12)17-7-11;3-2(4,5)1-7-6;/h2,5-7,14H,3-4,8-10H2,1H3,(H,22,23,26);2,5-7,13H,3-4,8-9H2,1H3,(H,17,18,21);1,6H2;1H/b5-2+,24-11-;5-2+;;. The average Bonchev–Trinajstić information content (AvgIpc) is 3.08. The minimum absolute atomic E-state index is 0. The maximum atomic E-state index is 12.2. The van der Waals surface area contributed by atoms with Crippen LogP contribution in [0.2, 0.25) is 0 Å². The van der Waals surface area contributed by atoms with Gasteiger partial charge in [0.15, 0.2) is 6.61 Å². The molecule has 0 spiro atoms. The number of oxime groups is 1. The maximum Gasteiger partial charge on any atom is 0.425 e. The molecule has 4 amide bonds. The van der Waals surface area contributed by atoms with Crippen molar-refractivity contribution < 1.29 is 60.0 Å². The quantitative estimate of drug-likeness (QED) is 0.142. The number of nitrogens with zero attached hydrogens (tertiary/aromatic N) is 5. The molecule has 4 aliphatic rings. The molecular weight excluding hydrogens is 806 g/mol. The van der Waals surface area contributed by atoms with Gasteiger partial charge < -0.3 is 25.3 Å². The Hall–Kier alpha value is -5.41. The third-order valence-corrected chi connectivity index (χ3v) is 8.81. The number of hydrogen-bond acceptors (Lipinski definition) is 11. The van der Waals surface area contributed by atoms with Gasteiger partial charge in [-0.2, -0.15) is 26.3 Å². The highest BCUT2D eigenvalue weighted by molar-refractivity contribution is 5.96. The lowest BCUT2D eigenvalue weighted by Crippen LogP contribution is -2.52. The van der Waals surface area contributed by atoms with Crippen LogP contribution in [0.1, 0.15) is 48.9 Å². The van der Waals surface area contributed by atoms with Crippen molar-refractivity contribution in [1.82, 2.24) is 19.8 Å². The van der Waals surface area contributed by atoms with Crippen LogP contribution in [0.3, 0.4) is 0 Å². The number of nitrogens with two attached hydrogens (primary N) is 1. The maximum absolute atomic E-state index is 12.2. The molecule has 4 aliphatic heterocycles. The van der Waals surface area contributed by atoms with Gasteiger partial charge in [0.25, 0.3) is 0 Å². The molecule has 58 heavy (non-hydrogen) atoms. The van der Waals surface area contributed by atoms with E-state index in [2.05, 4.69) is 41.3 Å². The largest absolute Gasteiger partial charge is 0.425 e. The second-order valence-electron chi connectivity index (χ2n) is 13.4. The van der Waals surface area contributed by atoms with E-state index < -0.39 is 25.6 Å². The van der Waals surface area contributed by atoms with Crippen molar-refractivity contribution in [2.45, 2.75) is 51.9 Å². The molecule has 15 nitrogen and oxygen atoms in total. The number of ketones is 1. The molecule has 6 rings (SSSR count). The van der Waals surface area contributed by atoms with Crippen LogP contribution in [0.25, 0.3) is 12.2 Å². The molecule has 2 fully saturated rings. The van der Waals surface area contributed by atoms with Gasteiger partial charge in [0.1, 0.15) is 17.4 Å². The number of carbonyl (C=O) groups excluding carboxylic acids is 5. The van der Waals surface area contributed by atoms with Crippen LogP contribution < -0.4 is 16.5 Å². The van der Waals surface area contributed by atoms with Crippen molar-refractivity contribution in [3.8, 4) is 0 Å². The SMILES string of the molecule is C/C(=N/OCC(F)(F)F)C1CN(C(=O)/C=C/c2cnc3c(c2)CCC(=O)N3)C1.CC(=O)C1CN(C(=O)/C=C/c2cnc3c(c2)CCC(=O)N3)C1.Cl.NOCC(F)(F)F. The smallest absolute Gasteiger partial charge is 0.386 e. The minimum atomic E-state index is -4.42. The Labute approximate surface area is 334 Å². The van der Waals surface area contributed by atoms with Crippen LogP contribution in [-0.4, -0.2) is 107 Å². The summed E-state index contributed by atoms with van der Waals surface area (Å²) < 4.78 is 68.6. The summed E-state index contributed by atoms with van der Waals surface area (Å²) in [4.78, 5) is 77.1. The number of anilines is 2. The summed E-state index contributed by atoms with van der Waals surface area (Å²) in [5.74, 6) is 4.89. The Balaban J connectivity index is 0.000000268. The van der Waals surface area contributed by atoms with Crippen LogP contribution >= 0.6 is 12.4 Å². The molecule has 0 unspecified atom stereocenters. The molecule has 0 saturated carbocycles. The van der Waals surface area contributed by atoms with E-state index in [4.69, 9.17) is 0 Å². The molecule has 4 N–H and O–H groups in total. The highest BCUT2D eigenvalue weighted by Gasteiger charge is 2.34. The molecular formula is C36H41ClF6N8O7. The zero-order valence-corrected chi connectivity index (χ0v) is 32.0. The Morgan fingerprint density at radius 3 is 1.59 bits per heavy atom. The molecule has 0 radical (unpaired) electrons. The lowest BCUT2D eigenvalue weighted by molar-refractivity contribution is -0.175. The Bertz CT molecular complexity index is 1910. The third-order valence-electron chi connectivity index (χ3n) is 8.81. The highest BCUT2D eigenvalue weighted by Crippen LogP contribution is 2.24. The van der Waals surface area contributed by atoms with Crippen LogP contribution in [0.4, 0.5) is 38.0 Å². The fraction of sp³-hybridized carbons (Fsp3) is 0.444. The monoisotopic (exact) mass is 846 g/mol. The summed E-state index contributed by atoms with van der Waals surface area (Å²) in [6.45, 7) is 2.09. The topological polar surface area (TPSA) is 199 Å². The molecule has 0 bridgehead atoms. The second kappa shape index (κ2) is 20.8. The van der Waals surface area contributed by atoms with Crippen molar-refractivity contribution in [3.05, 3.63) is 58.9 Å². The number of Topliss-reactive ketones (excluding diaryl/α,β-unsaturated/α-hetero) is 1. The summed E-state index contributed by atoms with van der Waals surface area (Å²) in [5, 5.41) is 8.88. The molecule has 316 valence electrons. The number of nitrogens with one attached hydrogen (secondary N) is 2. The van der Waals surface area contributed by atoms with Gasteiger partial charge in [0.2, 0.25) is 30.2 Å². The first-order valence-electron chi connectivity index (χ1n) is 17.4. The highest BCUT2D eigenvalue weighted by atomic mass is 35.5. The molecule has 6 heterocycles. The number of carbonyl (C=O) groups is 5. The number of amides is 4. The van der Waals surface area contributed by atoms with Gasteiger partial charge in [-0.05, 0) is 73.2 Å². The van der Waals surface area contributed by atoms with Crippen LogP contribution in [-0.2, 0) is 46.5 Å². The van der Waals surface area contributed by atoms with Crippen LogP contribution in [0.5, 0.6) is 0 Å². The third kappa shape index (κ3) is 14.8. The first kappa shape index (κ1) is 47.0. The normalized spacial score (nSPS) is 16.9. The van der Waals surface area contributed by atoms with E-state index in [1.807, 2.05) is 12.1 Å². The molecule has 2 aromatic rings. The fourth-order valence-electron chi connectivity index (χ4n) is 5.49. The number of pyridine rings is 2. The number of rotatable bonds is 9. The summed E-state index contributed by atoms with van der Waals surface area (Å²) in [5.41, 5.74) is 3.91. The van der Waals surface area contributed by atoms with Gasteiger partial charge in [0, 0.05) is 69.5 Å². The lowest BCUT2D eigenvalue weighted by atomic mass is 9.95. The van der Waals surface area contributed by atoms with E-state index in [1.165, 1.54) is 12.2 Å². The first-order chi connectivity index (χ1) is 26.8. The van der Waals surface area contributed by atoms with E-state index >= 15 is 0 Å². The number of aromatic nitrogens is 2. The summed E-state index contributed by atoms with van der Waals surface area (Å²) in [6.07, 6.45) is 2.90. The zero-order chi connectivity index (χ0) is 41.9. The summed E-state index contributed by atoms with van der Waals surface area (Å²) >= 11 is 0. The molecule has 0 aromatic carbocycles. The van der Waals surface area contributed by atoms with Crippen LogP contribution in [0, 0.1) is 11.8 Å². The Morgan fingerprint density at radius 1 is 0.776 bits per heavy atom. The number of halogens is 7. The molecule has 0 aliphatic carbocycles. The van der Waals surface area contributed by atoms with E-state index in [-0.39, 0.29) is 53.7 Å². The van der Waals surface area contributed by atoms with Crippen molar-refractivity contribution >= 4 is 71.3 Å². The zero-order valence-electron chi connectivity index (χ0n) is 31.2. The number of alkyl halides is 6. The molecule has 0 atom stereocenters. The fourth-order valence-corrected chi connectivity index (χ4v) is 5.49. The van der Waals surface area contributed by atoms with Crippen molar-refractivity contribution in [3.63, 3.8) is 0 Å². The number of aryl methyl sites for hydroxylation is 2. The Morgan fingerprint density at radius 2 is 1.21 bits per heavy atom. The summed E-state index contributed by atoms with van der Waals surface area (Å²) in [6, 6.07) is 3.80. The van der Waals surface area contributed by atoms with Gasteiger partial charge in [-0.3, -0.25) is 28.8 Å². The minimum Gasteiger partial charge on any atom is -0.386 e. The van der Waals surface area contributed by atoms with Gasteiger partial charge in [-0.25, -0.2) is 15.9 Å². The molecule has 2 saturated heterocycles. The number of likely N-dealkylation sites (tertiary alicyclic amines) is 2. The predicted octanol–water partition coefficient (Wildman–Crippen LogP) is 4.28. The van der Waals surface area contributed by atoms with E-state index in [1.54, 1.807) is 48.2 Å². The van der Waals surface area contributed by atoms with Crippen LogP contribution in [0.15, 0.2) is 41.8 Å². The molecule has 2 aromatic heterocycles. The number of hydrogen-bond donors (Lipinski definition) is 3. The first-order valence-corrected chi connectivity index (χ1v) is 17.4. The van der Waals surface area contributed by atoms with Crippen molar-refractivity contribution in [2.24, 2.45) is 22.9 Å². The van der Waals surface area contributed by atoms with Gasteiger partial charge in [-0.15, -0.1) is 12.4 Å². The number of fused-ring (bicyclic) bond motifs is 2. The van der Waals surface area contributed by atoms with Crippen molar-refractivity contribution in [2.75, 3.05) is 50.0 Å². The molecule has 22 heteroatoms. The van der Waals surface area contributed by atoms with Gasteiger partial charge >= 0.3 is 12.4 Å². The second-order valence-corrected chi connectivity index (χ2v) is 13.4. The Kier molecular flexibility index (Phi) is 16.9. The van der Waals surface area contributed by atoms with E-state index in [0.29, 0.717) is 69.2 Å². The van der Waals surface area contributed by atoms with E-state index in [0.717, 1.165) is 22.3 Å².